The number of aliphatic hydroxyl groups excluding tert-OH is 1. The molecule has 6 rings (SSSR count). The third-order valence-electron chi connectivity index (χ3n) is 7.90. The van der Waals surface area contributed by atoms with E-state index in [-0.39, 0.29) is 24.3 Å². The van der Waals surface area contributed by atoms with Crippen molar-refractivity contribution in [2.45, 2.75) is 38.6 Å². The van der Waals surface area contributed by atoms with E-state index in [4.69, 9.17) is 9.47 Å². The molecule has 1 amide bonds. The van der Waals surface area contributed by atoms with E-state index in [1.54, 1.807) is 18.5 Å². The fourth-order valence-electron chi connectivity index (χ4n) is 5.40. The Balaban J connectivity index is 1.26. The number of rotatable bonds is 7. The van der Waals surface area contributed by atoms with Crippen LogP contribution in [-0.4, -0.2) is 26.7 Å². The molecule has 232 valence electrons. The minimum Gasteiger partial charge on any atom is -0.392 e. The summed E-state index contributed by atoms with van der Waals surface area (Å²) in [6, 6.07) is 21.0. The predicted molar refractivity (Wildman–Crippen MR) is 153 cm³/mol. The van der Waals surface area contributed by atoms with Crippen LogP contribution in [0, 0.1) is 35.0 Å². The lowest BCUT2D eigenvalue weighted by Crippen LogP contribution is -2.39. The smallest absolute Gasteiger partial charge is 0.261 e. The number of aliphatic hydroxyl groups is 1. The molecule has 5 aromatic rings. The zero-order valence-electron chi connectivity index (χ0n) is 23.7. The van der Waals surface area contributed by atoms with Gasteiger partial charge in [-0.05, 0) is 35.4 Å². The minimum absolute atomic E-state index is 0.0365. The standard InChI is InChI=1S/C33H26F5N3O4/c1-17-24(14-41-16-39-22-4-2-3-5-23(22)41)44-33(45-31(17)19-8-6-18(15-42)7-9-19)20-10-12-21(13-11-20)40-32(43)25-26(34)28(36)30(38)29(37)27(25)35/h2-13,16-17,24,31,33,42H,14-15H2,1H3,(H,40,43)/t17-,24+,31+,33+/m0/s1. The van der Waals surface area contributed by atoms with E-state index in [1.807, 2.05) is 60.0 Å². The van der Waals surface area contributed by atoms with E-state index in [9.17, 15) is 31.9 Å². The highest BCUT2D eigenvalue weighted by Gasteiger charge is 2.39. The van der Waals surface area contributed by atoms with Crippen molar-refractivity contribution in [3.05, 3.63) is 130 Å². The topological polar surface area (TPSA) is 85.6 Å². The van der Waals surface area contributed by atoms with Crippen molar-refractivity contribution < 1.29 is 41.3 Å². The zero-order chi connectivity index (χ0) is 31.8. The first kappa shape index (κ1) is 30.4. The summed E-state index contributed by atoms with van der Waals surface area (Å²) in [6.45, 7) is 2.38. The summed E-state index contributed by atoms with van der Waals surface area (Å²) in [6.07, 6.45) is 0.115. The van der Waals surface area contributed by atoms with Crippen LogP contribution >= 0.6 is 0 Å². The summed E-state index contributed by atoms with van der Waals surface area (Å²) in [5.74, 6) is -12.9. The number of para-hydroxylation sites is 2. The lowest BCUT2D eigenvalue weighted by molar-refractivity contribution is -0.276. The molecular weight excluding hydrogens is 597 g/mol. The van der Waals surface area contributed by atoms with Crippen LogP contribution in [0.5, 0.6) is 0 Å². The first-order valence-electron chi connectivity index (χ1n) is 14.0. The Morgan fingerprint density at radius 3 is 2.13 bits per heavy atom. The number of carbonyl (C=O) groups excluding carboxylic acids is 1. The van der Waals surface area contributed by atoms with Crippen molar-refractivity contribution in [2.24, 2.45) is 5.92 Å². The van der Waals surface area contributed by atoms with Crippen LogP contribution in [0.25, 0.3) is 11.0 Å². The highest BCUT2D eigenvalue weighted by Crippen LogP contribution is 2.42. The summed E-state index contributed by atoms with van der Waals surface area (Å²) in [7, 11) is 0. The van der Waals surface area contributed by atoms with Crippen LogP contribution in [0.1, 0.15) is 46.4 Å². The van der Waals surface area contributed by atoms with Gasteiger partial charge >= 0.3 is 0 Å². The number of nitrogens with one attached hydrogen (secondary N) is 1. The molecule has 12 heteroatoms. The van der Waals surface area contributed by atoms with Crippen LogP contribution in [0.3, 0.4) is 0 Å². The third kappa shape index (κ3) is 5.79. The van der Waals surface area contributed by atoms with Gasteiger partial charge in [0.15, 0.2) is 29.6 Å². The van der Waals surface area contributed by atoms with Gasteiger partial charge in [0.05, 0.1) is 42.7 Å². The van der Waals surface area contributed by atoms with E-state index in [1.165, 1.54) is 12.1 Å². The van der Waals surface area contributed by atoms with Crippen LogP contribution < -0.4 is 5.32 Å². The second kappa shape index (κ2) is 12.4. The Hall–Kier alpha value is -4.65. The third-order valence-corrected chi connectivity index (χ3v) is 7.90. The molecule has 1 saturated heterocycles. The summed E-state index contributed by atoms with van der Waals surface area (Å²) in [5.41, 5.74) is 2.40. The molecule has 1 aromatic heterocycles. The summed E-state index contributed by atoms with van der Waals surface area (Å²) in [5, 5.41) is 11.7. The van der Waals surface area contributed by atoms with Crippen molar-refractivity contribution in [3.63, 3.8) is 0 Å². The van der Waals surface area contributed by atoms with Crippen molar-refractivity contribution in [1.82, 2.24) is 9.55 Å². The molecule has 0 aliphatic carbocycles. The van der Waals surface area contributed by atoms with E-state index in [2.05, 4.69) is 10.3 Å². The quantitative estimate of drug-likeness (QED) is 0.116. The van der Waals surface area contributed by atoms with Gasteiger partial charge in [0.2, 0.25) is 5.82 Å². The Morgan fingerprint density at radius 1 is 0.844 bits per heavy atom. The largest absolute Gasteiger partial charge is 0.392 e. The van der Waals surface area contributed by atoms with Gasteiger partial charge in [-0.3, -0.25) is 4.79 Å². The predicted octanol–water partition coefficient (Wildman–Crippen LogP) is 6.97. The summed E-state index contributed by atoms with van der Waals surface area (Å²) >= 11 is 0. The molecule has 2 N–H and O–H groups in total. The zero-order valence-corrected chi connectivity index (χ0v) is 23.7. The van der Waals surface area contributed by atoms with Crippen molar-refractivity contribution >= 4 is 22.6 Å². The second-order valence-electron chi connectivity index (χ2n) is 10.7. The van der Waals surface area contributed by atoms with Crippen LogP contribution in [0.4, 0.5) is 27.6 Å². The number of imidazole rings is 1. The highest BCUT2D eigenvalue weighted by atomic mass is 19.2. The molecule has 1 fully saturated rings. The molecular formula is C33H26F5N3O4. The number of nitrogens with zero attached hydrogens (tertiary/aromatic N) is 2. The van der Waals surface area contributed by atoms with Gasteiger partial charge in [-0.25, -0.2) is 26.9 Å². The molecule has 7 nitrogen and oxygen atoms in total. The molecule has 2 heterocycles. The number of ether oxygens (including phenoxy) is 2. The first-order chi connectivity index (χ1) is 21.7. The van der Waals surface area contributed by atoms with Crippen molar-refractivity contribution in [1.29, 1.82) is 0 Å². The van der Waals surface area contributed by atoms with Gasteiger partial charge in [-0.15, -0.1) is 0 Å². The van der Waals surface area contributed by atoms with Gasteiger partial charge in [0, 0.05) is 17.2 Å². The number of halogens is 5. The van der Waals surface area contributed by atoms with Gasteiger partial charge < -0.3 is 24.5 Å². The molecule has 0 unspecified atom stereocenters. The molecule has 0 radical (unpaired) electrons. The van der Waals surface area contributed by atoms with E-state index < -0.39 is 53.0 Å². The fourth-order valence-corrected chi connectivity index (χ4v) is 5.40. The Labute approximate surface area is 253 Å². The Bertz CT molecular complexity index is 1830. The van der Waals surface area contributed by atoms with Gasteiger partial charge in [0.1, 0.15) is 5.56 Å². The maximum atomic E-state index is 14.1. The lowest BCUT2D eigenvalue weighted by Gasteiger charge is -2.41. The lowest BCUT2D eigenvalue weighted by atomic mass is 9.90. The van der Waals surface area contributed by atoms with Crippen LogP contribution in [0.2, 0.25) is 0 Å². The van der Waals surface area contributed by atoms with Gasteiger partial charge in [-0.2, -0.15) is 0 Å². The number of hydrogen-bond donors (Lipinski definition) is 2. The molecule has 1 aliphatic rings. The molecule has 0 spiro atoms. The van der Waals surface area contributed by atoms with Crippen LogP contribution in [-0.2, 0) is 22.6 Å². The van der Waals surface area contributed by atoms with Gasteiger partial charge in [0.25, 0.3) is 5.91 Å². The average molecular weight is 624 g/mol. The number of aromatic nitrogens is 2. The highest BCUT2D eigenvalue weighted by molar-refractivity contribution is 6.04. The number of fused-ring (bicyclic) bond motifs is 1. The maximum absolute atomic E-state index is 14.1. The fraction of sp³-hybridized carbons (Fsp3) is 0.212. The molecule has 45 heavy (non-hydrogen) atoms. The number of anilines is 1. The molecule has 4 aromatic carbocycles. The molecule has 0 bridgehead atoms. The van der Waals surface area contributed by atoms with E-state index >= 15 is 0 Å². The maximum Gasteiger partial charge on any atom is 0.261 e. The van der Waals surface area contributed by atoms with E-state index in [0.717, 1.165) is 22.2 Å². The van der Waals surface area contributed by atoms with Gasteiger partial charge in [-0.1, -0.05) is 55.5 Å². The van der Waals surface area contributed by atoms with Crippen molar-refractivity contribution in [3.8, 4) is 0 Å². The minimum atomic E-state index is -2.35. The normalized spacial score (nSPS) is 20.0. The Morgan fingerprint density at radius 2 is 1.47 bits per heavy atom. The molecule has 0 saturated carbocycles. The van der Waals surface area contributed by atoms with E-state index in [0.29, 0.717) is 12.1 Å². The number of hydrogen-bond acceptors (Lipinski definition) is 5. The monoisotopic (exact) mass is 623 g/mol. The molecule has 4 atom stereocenters. The second-order valence-corrected chi connectivity index (χ2v) is 10.7. The first-order valence-corrected chi connectivity index (χ1v) is 14.0. The number of carbonyl (C=O) groups is 1. The number of amides is 1. The SMILES string of the molecule is C[C@H]1[C@@H](Cn2cnc3ccccc32)O[C@@H](c2ccc(NC(=O)c3c(F)c(F)c(F)c(F)c3F)cc2)O[C@H]1c1ccc(CO)cc1. The average Bonchev–Trinajstić information content (AvgIpc) is 3.47. The number of benzene rings is 4. The summed E-state index contributed by atoms with van der Waals surface area (Å²) < 4.78 is 83.8. The summed E-state index contributed by atoms with van der Waals surface area (Å²) in [4.78, 5) is 17.0. The molecule has 1 aliphatic heterocycles. The van der Waals surface area contributed by atoms with Crippen LogP contribution in [0.15, 0.2) is 79.1 Å². The Kier molecular flexibility index (Phi) is 8.36. The van der Waals surface area contributed by atoms with Crippen molar-refractivity contribution in [2.75, 3.05) is 5.32 Å².